The van der Waals surface area contributed by atoms with Gasteiger partial charge < -0.3 is 15.5 Å². The second-order valence-corrected chi connectivity index (χ2v) is 3.80. The SMILES string of the molecule is NCOC(=O)[C@@H](N)Cc1c[nH]c2ccccc12. The molecule has 5 N–H and O–H groups in total. The van der Waals surface area contributed by atoms with Gasteiger partial charge in [-0.1, -0.05) is 18.2 Å². The maximum absolute atomic E-state index is 11.4. The fourth-order valence-corrected chi connectivity index (χ4v) is 1.81. The van der Waals surface area contributed by atoms with Gasteiger partial charge in [-0.05, 0) is 11.6 Å². The number of hydrogen-bond donors (Lipinski definition) is 3. The smallest absolute Gasteiger partial charge is 0.324 e. The van der Waals surface area contributed by atoms with Crippen molar-refractivity contribution in [1.29, 1.82) is 0 Å². The quantitative estimate of drug-likeness (QED) is 0.529. The second kappa shape index (κ2) is 4.99. The summed E-state index contributed by atoms with van der Waals surface area (Å²) in [6, 6.07) is 7.18. The number of aromatic amines is 1. The number of rotatable bonds is 4. The van der Waals surface area contributed by atoms with E-state index < -0.39 is 12.0 Å². The molecule has 0 radical (unpaired) electrons. The van der Waals surface area contributed by atoms with Crippen molar-refractivity contribution in [3.8, 4) is 0 Å². The van der Waals surface area contributed by atoms with E-state index in [0.29, 0.717) is 6.42 Å². The highest BCUT2D eigenvalue weighted by molar-refractivity contribution is 5.84. The molecule has 1 aromatic heterocycles. The first-order valence-electron chi connectivity index (χ1n) is 5.39. The monoisotopic (exact) mass is 233 g/mol. The highest BCUT2D eigenvalue weighted by Crippen LogP contribution is 2.18. The molecule has 0 fully saturated rings. The predicted octanol–water partition coefficient (Wildman–Crippen LogP) is 0.497. The Bertz CT molecular complexity index is 521. The van der Waals surface area contributed by atoms with Crippen LogP contribution in [-0.4, -0.2) is 23.7 Å². The Kier molecular flexibility index (Phi) is 3.41. The molecule has 1 aromatic carbocycles. The molecule has 0 saturated carbocycles. The number of fused-ring (bicyclic) bond motifs is 1. The van der Waals surface area contributed by atoms with E-state index in [1.165, 1.54) is 0 Å². The average molecular weight is 233 g/mol. The van der Waals surface area contributed by atoms with Crippen LogP contribution in [0.4, 0.5) is 0 Å². The molecule has 5 nitrogen and oxygen atoms in total. The van der Waals surface area contributed by atoms with Crippen LogP contribution in [0.3, 0.4) is 0 Å². The minimum atomic E-state index is -0.683. The summed E-state index contributed by atoms with van der Waals surface area (Å²) in [4.78, 5) is 14.5. The molecule has 0 aliphatic heterocycles. The van der Waals surface area contributed by atoms with Crippen molar-refractivity contribution >= 4 is 16.9 Å². The number of H-pyrrole nitrogens is 1. The van der Waals surface area contributed by atoms with Crippen molar-refractivity contribution < 1.29 is 9.53 Å². The molecule has 0 amide bonds. The molecule has 17 heavy (non-hydrogen) atoms. The zero-order chi connectivity index (χ0) is 12.3. The maximum atomic E-state index is 11.4. The van der Waals surface area contributed by atoms with Gasteiger partial charge in [-0.3, -0.25) is 10.5 Å². The van der Waals surface area contributed by atoms with Crippen LogP contribution in [0.25, 0.3) is 10.9 Å². The number of para-hydroxylation sites is 1. The van der Waals surface area contributed by atoms with Crippen LogP contribution in [0.2, 0.25) is 0 Å². The van der Waals surface area contributed by atoms with E-state index in [0.717, 1.165) is 16.5 Å². The number of ether oxygens (including phenoxy) is 1. The Morgan fingerprint density at radius 2 is 2.18 bits per heavy atom. The largest absolute Gasteiger partial charge is 0.449 e. The third-order valence-electron chi connectivity index (χ3n) is 2.64. The average Bonchev–Trinajstić information content (AvgIpc) is 2.73. The molecule has 0 spiro atoms. The van der Waals surface area contributed by atoms with Gasteiger partial charge in [-0.2, -0.15) is 0 Å². The summed E-state index contributed by atoms with van der Waals surface area (Å²) in [7, 11) is 0. The highest BCUT2D eigenvalue weighted by atomic mass is 16.5. The number of nitrogens with two attached hydrogens (primary N) is 2. The zero-order valence-corrected chi connectivity index (χ0v) is 9.35. The summed E-state index contributed by atoms with van der Waals surface area (Å²) >= 11 is 0. The normalized spacial score (nSPS) is 12.6. The van der Waals surface area contributed by atoms with Crippen molar-refractivity contribution in [2.24, 2.45) is 11.5 Å². The lowest BCUT2D eigenvalue weighted by Gasteiger charge is -2.09. The van der Waals surface area contributed by atoms with E-state index >= 15 is 0 Å². The summed E-state index contributed by atoms with van der Waals surface area (Å²) in [6.45, 7) is -0.138. The van der Waals surface area contributed by atoms with Crippen LogP contribution >= 0.6 is 0 Å². The van der Waals surface area contributed by atoms with Gasteiger partial charge in [0, 0.05) is 23.5 Å². The van der Waals surface area contributed by atoms with E-state index in [4.69, 9.17) is 11.5 Å². The second-order valence-electron chi connectivity index (χ2n) is 3.80. The van der Waals surface area contributed by atoms with Crippen molar-refractivity contribution in [3.05, 3.63) is 36.0 Å². The van der Waals surface area contributed by atoms with Gasteiger partial charge in [0.15, 0.2) is 0 Å². The molecule has 1 heterocycles. The summed E-state index contributed by atoms with van der Waals surface area (Å²) < 4.78 is 4.67. The minimum Gasteiger partial charge on any atom is -0.449 e. The summed E-state index contributed by atoms with van der Waals surface area (Å²) in [5, 5.41) is 1.07. The van der Waals surface area contributed by atoms with E-state index in [1.54, 1.807) is 0 Å². The molecular weight excluding hydrogens is 218 g/mol. The van der Waals surface area contributed by atoms with Crippen LogP contribution in [0.1, 0.15) is 5.56 Å². The molecule has 0 unspecified atom stereocenters. The number of hydrogen-bond acceptors (Lipinski definition) is 4. The Hall–Kier alpha value is -1.85. The van der Waals surface area contributed by atoms with E-state index in [9.17, 15) is 4.79 Å². The lowest BCUT2D eigenvalue weighted by Crippen LogP contribution is -2.35. The van der Waals surface area contributed by atoms with Crippen molar-refractivity contribution in [3.63, 3.8) is 0 Å². The Labute approximate surface area is 98.7 Å². The predicted molar refractivity (Wildman–Crippen MR) is 65.1 cm³/mol. The third-order valence-corrected chi connectivity index (χ3v) is 2.64. The topological polar surface area (TPSA) is 94.1 Å². The maximum Gasteiger partial charge on any atom is 0.324 e. The molecule has 0 aliphatic carbocycles. The third kappa shape index (κ3) is 2.46. The molecule has 2 aromatic rings. The lowest BCUT2D eigenvalue weighted by molar-refractivity contribution is -0.144. The van der Waals surface area contributed by atoms with Gasteiger partial charge in [0.05, 0.1) is 0 Å². The fraction of sp³-hybridized carbons (Fsp3) is 0.250. The Balaban J connectivity index is 2.16. The van der Waals surface area contributed by atoms with Crippen molar-refractivity contribution in [2.45, 2.75) is 12.5 Å². The molecule has 0 bridgehead atoms. The first-order chi connectivity index (χ1) is 8.22. The summed E-state index contributed by atoms with van der Waals surface area (Å²) in [5.41, 5.74) is 12.9. The van der Waals surface area contributed by atoms with Crippen LogP contribution in [-0.2, 0) is 16.0 Å². The van der Waals surface area contributed by atoms with Crippen LogP contribution in [0, 0.1) is 0 Å². The number of aromatic nitrogens is 1. The molecule has 0 saturated heterocycles. The molecule has 90 valence electrons. The van der Waals surface area contributed by atoms with E-state index in [-0.39, 0.29) is 6.73 Å². The Morgan fingerprint density at radius 1 is 1.41 bits per heavy atom. The molecule has 2 rings (SSSR count). The first-order valence-corrected chi connectivity index (χ1v) is 5.39. The number of benzene rings is 1. The lowest BCUT2D eigenvalue weighted by atomic mass is 10.1. The first kappa shape index (κ1) is 11.6. The Morgan fingerprint density at radius 3 is 2.94 bits per heavy atom. The number of nitrogens with one attached hydrogen (secondary N) is 1. The van der Waals surface area contributed by atoms with Crippen LogP contribution in [0.15, 0.2) is 30.5 Å². The molecule has 0 aliphatic rings. The molecule has 5 heteroatoms. The van der Waals surface area contributed by atoms with Crippen molar-refractivity contribution in [1.82, 2.24) is 4.98 Å². The van der Waals surface area contributed by atoms with Gasteiger partial charge in [0.25, 0.3) is 0 Å². The number of carbonyl (C=O) groups is 1. The number of carbonyl (C=O) groups excluding carboxylic acids is 1. The highest BCUT2D eigenvalue weighted by Gasteiger charge is 2.16. The molecular formula is C12H15N3O2. The van der Waals surface area contributed by atoms with E-state index in [2.05, 4.69) is 9.72 Å². The van der Waals surface area contributed by atoms with Crippen molar-refractivity contribution in [2.75, 3.05) is 6.73 Å². The van der Waals surface area contributed by atoms with Gasteiger partial charge in [-0.15, -0.1) is 0 Å². The minimum absolute atomic E-state index is 0.138. The van der Waals surface area contributed by atoms with Crippen LogP contribution in [0.5, 0.6) is 0 Å². The van der Waals surface area contributed by atoms with Gasteiger partial charge >= 0.3 is 5.97 Å². The standard InChI is InChI=1S/C12H15N3O2/c13-7-17-12(16)10(14)5-8-6-15-11-4-2-1-3-9(8)11/h1-4,6,10,15H,5,7,13-14H2/t10-/m0/s1. The van der Waals surface area contributed by atoms with Gasteiger partial charge in [-0.25, -0.2) is 0 Å². The van der Waals surface area contributed by atoms with Crippen LogP contribution < -0.4 is 11.5 Å². The van der Waals surface area contributed by atoms with Gasteiger partial charge in [0.1, 0.15) is 12.8 Å². The summed E-state index contributed by atoms with van der Waals surface area (Å²) in [6.07, 6.45) is 2.29. The fourth-order valence-electron chi connectivity index (χ4n) is 1.81. The van der Waals surface area contributed by atoms with Gasteiger partial charge in [0.2, 0.25) is 0 Å². The number of esters is 1. The van der Waals surface area contributed by atoms with E-state index in [1.807, 2.05) is 30.5 Å². The molecule has 1 atom stereocenters. The zero-order valence-electron chi connectivity index (χ0n) is 9.35. The summed E-state index contributed by atoms with van der Waals surface area (Å²) in [5.74, 6) is -0.474.